The Labute approximate surface area is 107 Å². The minimum absolute atomic E-state index is 0.642. The van der Waals surface area contributed by atoms with E-state index in [0.717, 1.165) is 40.8 Å². The number of nitrogens with one attached hydrogen (secondary N) is 1. The van der Waals surface area contributed by atoms with Gasteiger partial charge in [-0.1, -0.05) is 22.0 Å². The molecular weight excluding hydrogens is 282 g/mol. The van der Waals surface area contributed by atoms with Gasteiger partial charge in [0.25, 0.3) is 0 Å². The predicted octanol–water partition coefficient (Wildman–Crippen LogP) is 2.05. The first kappa shape index (κ1) is 10.7. The lowest BCUT2D eigenvalue weighted by Crippen LogP contribution is -2.09. The maximum absolute atomic E-state index is 11.2. The molecule has 1 aromatic carbocycles. The summed E-state index contributed by atoms with van der Waals surface area (Å²) in [5.41, 5.74) is 3.52. The van der Waals surface area contributed by atoms with E-state index in [1.54, 1.807) is 4.68 Å². The SMILES string of the molecule is O=Cc1c2c(nn1-c1cccc(Br)c1)CNC2. The van der Waals surface area contributed by atoms with Crippen LogP contribution >= 0.6 is 15.9 Å². The molecule has 5 heteroatoms. The third kappa shape index (κ3) is 1.71. The molecule has 0 saturated carbocycles. The molecule has 0 bridgehead atoms. The number of carbonyl (C=O) groups is 1. The van der Waals surface area contributed by atoms with E-state index in [1.807, 2.05) is 24.3 Å². The first-order valence-corrected chi connectivity index (χ1v) is 6.11. The summed E-state index contributed by atoms with van der Waals surface area (Å²) in [6.45, 7) is 1.45. The molecule has 1 aliphatic rings. The number of aldehydes is 1. The summed E-state index contributed by atoms with van der Waals surface area (Å²) >= 11 is 3.42. The summed E-state index contributed by atoms with van der Waals surface area (Å²) in [6, 6.07) is 7.76. The van der Waals surface area contributed by atoms with Crippen LogP contribution in [0.3, 0.4) is 0 Å². The number of nitrogens with zero attached hydrogens (tertiary/aromatic N) is 2. The van der Waals surface area contributed by atoms with Crippen LogP contribution in [0.1, 0.15) is 21.7 Å². The average Bonchev–Trinajstić information content (AvgIpc) is 2.88. The van der Waals surface area contributed by atoms with Crippen molar-refractivity contribution >= 4 is 22.2 Å². The van der Waals surface area contributed by atoms with Crippen LogP contribution in [0.5, 0.6) is 0 Å². The third-order valence-corrected chi connectivity index (χ3v) is 3.36. The Balaban J connectivity index is 2.18. The van der Waals surface area contributed by atoms with Gasteiger partial charge in [-0.2, -0.15) is 5.10 Å². The smallest absolute Gasteiger partial charge is 0.168 e. The Morgan fingerprint density at radius 1 is 1.41 bits per heavy atom. The number of carbonyl (C=O) groups excluding carboxylic acids is 1. The molecule has 3 rings (SSSR count). The Bertz CT molecular complexity index is 591. The van der Waals surface area contributed by atoms with Crippen LogP contribution in [0.2, 0.25) is 0 Å². The molecule has 0 spiro atoms. The van der Waals surface area contributed by atoms with E-state index in [1.165, 1.54) is 0 Å². The van der Waals surface area contributed by atoms with Crippen LogP contribution in [0.25, 0.3) is 5.69 Å². The molecule has 0 fully saturated rings. The summed E-state index contributed by atoms with van der Waals surface area (Å²) in [6.07, 6.45) is 0.875. The standard InChI is InChI=1S/C12H10BrN3O/c13-8-2-1-3-9(4-8)16-12(7-17)10-5-14-6-11(10)15-16/h1-4,7,14H,5-6H2. The Morgan fingerprint density at radius 2 is 2.29 bits per heavy atom. The molecule has 86 valence electrons. The highest BCUT2D eigenvalue weighted by Gasteiger charge is 2.21. The lowest BCUT2D eigenvalue weighted by Gasteiger charge is -2.05. The molecule has 17 heavy (non-hydrogen) atoms. The van der Waals surface area contributed by atoms with Crippen LogP contribution in [-0.4, -0.2) is 16.1 Å². The third-order valence-electron chi connectivity index (χ3n) is 2.87. The second-order valence-electron chi connectivity index (χ2n) is 3.92. The van der Waals surface area contributed by atoms with Crippen molar-refractivity contribution < 1.29 is 4.79 Å². The van der Waals surface area contributed by atoms with Crippen LogP contribution in [0.15, 0.2) is 28.7 Å². The number of aromatic nitrogens is 2. The van der Waals surface area contributed by atoms with E-state index in [9.17, 15) is 4.79 Å². The Kier molecular flexibility index (Phi) is 2.57. The molecule has 0 unspecified atom stereocenters. The van der Waals surface area contributed by atoms with E-state index in [-0.39, 0.29) is 0 Å². The second-order valence-corrected chi connectivity index (χ2v) is 4.84. The van der Waals surface area contributed by atoms with Crippen molar-refractivity contribution in [1.82, 2.24) is 15.1 Å². The van der Waals surface area contributed by atoms with Crippen LogP contribution < -0.4 is 5.32 Å². The highest BCUT2D eigenvalue weighted by molar-refractivity contribution is 9.10. The highest BCUT2D eigenvalue weighted by Crippen LogP contribution is 2.22. The van der Waals surface area contributed by atoms with Crippen LogP contribution in [0.4, 0.5) is 0 Å². The van der Waals surface area contributed by atoms with Gasteiger partial charge in [-0.25, -0.2) is 4.68 Å². The van der Waals surface area contributed by atoms with Gasteiger partial charge in [0.1, 0.15) is 5.69 Å². The van der Waals surface area contributed by atoms with E-state index < -0.39 is 0 Å². The van der Waals surface area contributed by atoms with E-state index in [4.69, 9.17) is 0 Å². The van der Waals surface area contributed by atoms with Gasteiger partial charge < -0.3 is 5.32 Å². The summed E-state index contributed by atoms with van der Waals surface area (Å²) < 4.78 is 2.68. The fourth-order valence-electron chi connectivity index (χ4n) is 2.08. The molecule has 0 aliphatic carbocycles. The van der Waals surface area contributed by atoms with Crippen molar-refractivity contribution in [3.63, 3.8) is 0 Å². The van der Waals surface area contributed by atoms with Gasteiger partial charge in [0.15, 0.2) is 6.29 Å². The number of hydrogen-bond acceptors (Lipinski definition) is 3. The van der Waals surface area contributed by atoms with Crippen molar-refractivity contribution in [3.05, 3.63) is 45.7 Å². The normalized spacial score (nSPS) is 13.7. The summed E-state index contributed by atoms with van der Waals surface area (Å²) in [5, 5.41) is 7.66. The fraction of sp³-hybridized carbons (Fsp3) is 0.167. The molecule has 0 radical (unpaired) electrons. The summed E-state index contributed by atoms with van der Waals surface area (Å²) in [5.74, 6) is 0. The van der Waals surface area contributed by atoms with Gasteiger partial charge >= 0.3 is 0 Å². The van der Waals surface area contributed by atoms with Gasteiger partial charge in [-0.15, -0.1) is 0 Å². The maximum atomic E-state index is 11.2. The zero-order valence-corrected chi connectivity index (χ0v) is 10.6. The largest absolute Gasteiger partial charge is 0.307 e. The maximum Gasteiger partial charge on any atom is 0.168 e. The van der Waals surface area contributed by atoms with Gasteiger partial charge in [0.05, 0.1) is 11.4 Å². The van der Waals surface area contributed by atoms with Crippen molar-refractivity contribution in [2.45, 2.75) is 13.1 Å². The van der Waals surface area contributed by atoms with Crippen LogP contribution in [0, 0.1) is 0 Å². The van der Waals surface area contributed by atoms with Crippen molar-refractivity contribution in [3.8, 4) is 5.69 Å². The fourth-order valence-corrected chi connectivity index (χ4v) is 2.46. The number of halogens is 1. The zero-order chi connectivity index (χ0) is 11.8. The number of hydrogen-bond donors (Lipinski definition) is 1. The molecular formula is C12H10BrN3O. The van der Waals surface area contributed by atoms with Gasteiger partial charge in [-0.3, -0.25) is 4.79 Å². The number of rotatable bonds is 2. The van der Waals surface area contributed by atoms with Gasteiger partial charge in [0, 0.05) is 23.1 Å². The van der Waals surface area contributed by atoms with Gasteiger partial charge in [-0.05, 0) is 18.2 Å². The average molecular weight is 292 g/mol. The quantitative estimate of drug-likeness (QED) is 0.862. The Morgan fingerprint density at radius 3 is 3.06 bits per heavy atom. The molecule has 1 aliphatic heterocycles. The monoisotopic (exact) mass is 291 g/mol. The number of benzene rings is 1. The molecule has 2 aromatic rings. The first-order valence-electron chi connectivity index (χ1n) is 5.32. The van der Waals surface area contributed by atoms with E-state index in [2.05, 4.69) is 26.3 Å². The topological polar surface area (TPSA) is 46.9 Å². The minimum Gasteiger partial charge on any atom is -0.307 e. The lowest BCUT2D eigenvalue weighted by atomic mass is 10.2. The molecule has 1 aromatic heterocycles. The number of fused-ring (bicyclic) bond motifs is 1. The van der Waals surface area contributed by atoms with E-state index >= 15 is 0 Å². The predicted molar refractivity (Wildman–Crippen MR) is 67.2 cm³/mol. The molecule has 2 heterocycles. The van der Waals surface area contributed by atoms with Crippen molar-refractivity contribution in [2.24, 2.45) is 0 Å². The van der Waals surface area contributed by atoms with Gasteiger partial charge in [0.2, 0.25) is 0 Å². The van der Waals surface area contributed by atoms with Crippen molar-refractivity contribution in [1.29, 1.82) is 0 Å². The minimum atomic E-state index is 0.642. The van der Waals surface area contributed by atoms with Crippen LogP contribution in [-0.2, 0) is 13.1 Å². The Hall–Kier alpha value is -1.46. The molecule has 0 saturated heterocycles. The molecule has 1 N–H and O–H groups in total. The highest BCUT2D eigenvalue weighted by atomic mass is 79.9. The summed E-state index contributed by atoms with van der Waals surface area (Å²) in [4.78, 5) is 11.2. The second kappa shape index (κ2) is 4.09. The lowest BCUT2D eigenvalue weighted by molar-refractivity contribution is 0.111. The van der Waals surface area contributed by atoms with E-state index in [0.29, 0.717) is 5.69 Å². The zero-order valence-electron chi connectivity index (χ0n) is 8.98. The molecule has 0 atom stereocenters. The summed E-state index contributed by atoms with van der Waals surface area (Å²) in [7, 11) is 0. The molecule has 0 amide bonds. The molecule has 4 nitrogen and oxygen atoms in total. The first-order chi connectivity index (χ1) is 8.29. The van der Waals surface area contributed by atoms with Crippen molar-refractivity contribution in [2.75, 3.05) is 0 Å².